The maximum absolute atomic E-state index is 13.7. The Morgan fingerprint density at radius 2 is 1.69 bits per heavy atom. The molecule has 10 nitrogen and oxygen atoms in total. The maximum atomic E-state index is 13.7. The van der Waals surface area contributed by atoms with Gasteiger partial charge in [-0.15, -0.1) is 0 Å². The van der Waals surface area contributed by atoms with Gasteiger partial charge in [-0.25, -0.2) is 8.78 Å². The summed E-state index contributed by atoms with van der Waals surface area (Å²) in [5.74, 6) is -3.74. The van der Waals surface area contributed by atoms with E-state index in [9.17, 15) is 28.0 Å². The number of ether oxygens (including phenoxy) is 2. The van der Waals surface area contributed by atoms with Gasteiger partial charge in [-0.1, -0.05) is 37.8 Å². The van der Waals surface area contributed by atoms with Gasteiger partial charge in [0.1, 0.15) is 23.4 Å². The van der Waals surface area contributed by atoms with Crippen molar-refractivity contribution in [2.45, 2.75) is 88.4 Å². The number of benzene rings is 1. The van der Waals surface area contributed by atoms with Gasteiger partial charge in [-0.05, 0) is 43.9 Å². The predicted octanol–water partition coefficient (Wildman–Crippen LogP) is 1.99. The Morgan fingerprint density at radius 1 is 1.05 bits per heavy atom. The number of likely N-dealkylation sites (tertiary alicyclic amines) is 1. The fourth-order valence-electron chi connectivity index (χ4n) is 5.70. The molecule has 2 heterocycles. The fourth-order valence-corrected chi connectivity index (χ4v) is 5.70. The van der Waals surface area contributed by atoms with Crippen LogP contribution in [0.4, 0.5) is 8.78 Å². The van der Waals surface area contributed by atoms with E-state index in [1.165, 1.54) is 11.8 Å². The minimum absolute atomic E-state index is 0.0932. The molecule has 2 saturated heterocycles. The second-order valence-corrected chi connectivity index (χ2v) is 12.1. The van der Waals surface area contributed by atoms with Gasteiger partial charge in [0.05, 0.1) is 32.8 Å². The molecule has 3 N–H and O–H groups in total. The minimum atomic E-state index is -2.83. The van der Waals surface area contributed by atoms with Crippen molar-refractivity contribution in [1.82, 2.24) is 20.9 Å². The molecule has 1 aromatic carbocycles. The molecule has 0 spiro atoms. The molecule has 4 rings (SSSR count). The van der Waals surface area contributed by atoms with E-state index in [0.717, 1.165) is 31.2 Å². The van der Waals surface area contributed by atoms with E-state index in [0.29, 0.717) is 24.7 Å². The van der Waals surface area contributed by atoms with Crippen molar-refractivity contribution in [2.24, 2.45) is 5.92 Å². The summed E-state index contributed by atoms with van der Waals surface area (Å²) >= 11 is 0. The van der Waals surface area contributed by atoms with Crippen molar-refractivity contribution in [3.8, 4) is 5.75 Å². The summed E-state index contributed by atoms with van der Waals surface area (Å²) in [6.07, 6.45) is 4.50. The van der Waals surface area contributed by atoms with Gasteiger partial charge in [-0.2, -0.15) is 0 Å². The summed E-state index contributed by atoms with van der Waals surface area (Å²) in [5.41, 5.74) is -0.164. The molecule has 2 aliphatic heterocycles. The van der Waals surface area contributed by atoms with Crippen molar-refractivity contribution in [3.63, 3.8) is 0 Å². The number of Topliss-reactive ketones (excluding diaryl/α,β-unsaturated/α-hetero) is 1. The number of epoxide rings is 1. The highest BCUT2D eigenvalue weighted by atomic mass is 19.3. The van der Waals surface area contributed by atoms with E-state index in [1.54, 1.807) is 38.3 Å². The molecule has 3 fully saturated rings. The Hall–Kier alpha value is -3.12. The molecular formula is C30H42F2N4O6. The number of carbonyl (C=O) groups excluding carboxylic acids is 4. The van der Waals surface area contributed by atoms with Crippen LogP contribution < -0.4 is 20.7 Å². The molecule has 12 heteroatoms. The zero-order chi connectivity index (χ0) is 30.5. The molecule has 42 heavy (non-hydrogen) atoms. The van der Waals surface area contributed by atoms with E-state index < -0.39 is 53.9 Å². The third-order valence-corrected chi connectivity index (χ3v) is 8.39. The molecule has 0 radical (unpaired) electrons. The number of carbonyl (C=O) groups is 4. The largest absolute Gasteiger partial charge is 0.497 e. The van der Waals surface area contributed by atoms with Crippen LogP contribution in [0.1, 0.15) is 57.9 Å². The van der Waals surface area contributed by atoms with Gasteiger partial charge in [0.2, 0.25) is 17.7 Å². The molecule has 0 bridgehead atoms. The van der Waals surface area contributed by atoms with Crippen LogP contribution in [0.25, 0.3) is 0 Å². The van der Waals surface area contributed by atoms with E-state index in [-0.39, 0.29) is 31.7 Å². The van der Waals surface area contributed by atoms with Crippen LogP contribution >= 0.6 is 0 Å². The smallest absolute Gasteiger partial charge is 0.261 e. The Labute approximate surface area is 245 Å². The van der Waals surface area contributed by atoms with Gasteiger partial charge in [-0.3, -0.25) is 24.1 Å². The molecule has 1 aromatic rings. The van der Waals surface area contributed by atoms with E-state index in [4.69, 9.17) is 9.47 Å². The first-order chi connectivity index (χ1) is 19.9. The number of rotatable bonds is 14. The van der Waals surface area contributed by atoms with Crippen LogP contribution in [0.15, 0.2) is 24.3 Å². The van der Waals surface area contributed by atoms with E-state index >= 15 is 0 Å². The quantitative estimate of drug-likeness (QED) is 0.282. The Morgan fingerprint density at radius 3 is 2.26 bits per heavy atom. The number of methoxy groups -OCH3 is 1. The van der Waals surface area contributed by atoms with Crippen LogP contribution in [-0.2, 0) is 30.3 Å². The van der Waals surface area contributed by atoms with Crippen molar-refractivity contribution in [1.29, 1.82) is 0 Å². The third-order valence-electron chi connectivity index (χ3n) is 8.39. The van der Waals surface area contributed by atoms with Crippen molar-refractivity contribution >= 4 is 23.5 Å². The molecule has 3 amide bonds. The first-order valence-electron chi connectivity index (χ1n) is 14.7. The lowest BCUT2D eigenvalue weighted by Gasteiger charge is -2.26. The van der Waals surface area contributed by atoms with Crippen LogP contribution in [0, 0.1) is 5.92 Å². The fraction of sp³-hybridized carbons (Fsp3) is 0.667. The molecule has 4 atom stereocenters. The second-order valence-electron chi connectivity index (χ2n) is 12.1. The van der Waals surface area contributed by atoms with Crippen LogP contribution in [0.5, 0.6) is 5.75 Å². The molecule has 0 unspecified atom stereocenters. The first-order valence-corrected chi connectivity index (χ1v) is 14.7. The number of halogens is 2. The second kappa shape index (κ2) is 13.5. The van der Waals surface area contributed by atoms with Gasteiger partial charge < -0.3 is 25.4 Å². The lowest BCUT2D eigenvalue weighted by atomic mass is 9.90. The number of hydrogen-bond acceptors (Lipinski definition) is 7. The Balaban J connectivity index is 1.43. The van der Waals surface area contributed by atoms with Gasteiger partial charge >= 0.3 is 0 Å². The molecule has 0 aromatic heterocycles. The third kappa shape index (κ3) is 8.70. The highest BCUT2D eigenvalue weighted by Gasteiger charge is 2.50. The van der Waals surface area contributed by atoms with Gasteiger partial charge in [0.25, 0.3) is 5.92 Å². The monoisotopic (exact) mass is 592 g/mol. The summed E-state index contributed by atoms with van der Waals surface area (Å²) in [5, 5.41) is 8.16. The molecule has 1 aliphatic carbocycles. The van der Waals surface area contributed by atoms with Gasteiger partial charge in [0, 0.05) is 19.4 Å². The molecular weight excluding hydrogens is 550 g/mol. The number of alkyl halides is 2. The minimum Gasteiger partial charge on any atom is -0.497 e. The summed E-state index contributed by atoms with van der Waals surface area (Å²) in [7, 11) is 1.54. The van der Waals surface area contributed by atoms with Crippen molar-refractivity contribution in [2.75, 3.05) is 33.4 Å². The lowest BCUT2D eigenvalue weighted by molar-refractivity contribution is -0.134. The number of nitrogens with one attached hydrogen (secondary N) is 3. The summed E-state index contributed by atoms with van der Waals surface area (Å²) in [6, 6.07) is 4.23. The normalized spacial score (nSPS) is 23.9. The van der Waals surface area contributed by atoms with Crippen LogP contribution in [-0.4, -0.2) is 91.4 Å². The van der Waals surface area contributed by atoms with E-state index in [2.05, 4.69) is 16.0 Å². The number of nitrogens with zero attached hydrogens (tertiary/aromatic N) is 1. The highest BCUT2D eigenvalue weighted by molar-refractivity contribution is 5.98. The topological polar surface area (TPSA) is 129 Å². The summed E-state index contributed by atoms with van der Waals surface area (Å²) in [6.45, 7) is 2.82. The Bertz CT molecular complexity index is 1140. The number of amides is 3. The van der Waals surface area contributed by atoms with Crippen molar-refractivity contribution < 1.29 is 37.4 Å². The van der Waals surface area contributed by atoms with Crippen molar-refractivity contribution in [3.05, 3.63) is 29.8 Å². The summed E-state index contributed by atoms with van der Waals surface area (Å²) < 4.78 is 37.6. The zero-order valence-electron chi connectivity index (χ0n) is 24.5. The lowest BCUT2D eigenvalue weighted by Crippen LogP contribution is -2.57. The SMILES string of the molecule is COc1ccc(C[C@H](NC(=O)[C@H](C)NC(=O)CN2CCC(F)(F)C2)C(=O)N[C@@H](CC2CCCC2)C(=O)[C@]2(C)CO2)cc1. The predicted molar refractivity (Wildman–Crippen MR) is 150 cm³/mol. The van der Waals surface area contributed by atoms with Crippen LogP contribution in [0.3, 0.4) is 0 Å². The average Bonchev–Trinajstić information content (AvgIpc) is 3.31. The highest BCUT2D eigenvalue weighted by Crippen LogP contribution is 2.33. The number of ketones is 1. The molecule has 232 valence electrons. The number of hydrogen-bond donors (Lipinski definition) is 3. The maximum Gasteiger partial charge on any atom is 0.261 e. The van der Waals surface area contributed by atoms with Crippen LogP contribution in [0.2, 0.25) is 0 Å². The molecule has 1 saturated carbocycles. The average molecular weight is 593 g/mol. The molecule has 3 aliphatic rings. The standard InChI is InChI=1S/C30H42F2N4O6/c1-19(33-25(37)16-36-13-12-30(31,32)17-36)27(39)35-24(15-21-8-10-22(41-3)11-9-21)28(40)34-23(14-20-6-4-5-7-20)26(38)29(2)18-42-29/h8-11,19-20,23-24H,4-7,12-18H2,1-3H3,(H,33,37)(H,34,40)(H,35,39)/t19-,23-,24-,29-/m0/s1. The zero-order valence-corrected chi connectivity index (χ0v) is 24.5. The van der Waals surface area contributed by atoms with Gasteiger partial charge in [0.15, 0.2) is 5.78 Å². The first kappa shape index (κ1) is 31.8. The Kier molecular flexibility index (Phi) is 10.2. The van der Waals surface area contributed by atoms with E-state index in [1.807, 2.05) is 0 Å². The summed E-state index contributed by atoms with van der Waals surface area (Å²) in [4.78, 5) is 53.9.